The summed E-state index contributed by atoms with van der Waals surface area (Å²) in [5.74, 6) is 2.88. The van der Waals surface area contributed by atoms with E-state index in [1.807, 2.05) is 59.2 Å². The second-order valence-electron chi connectivity index (χ2n) is 7.32. The molecule has 0 radical (unpaired) electrons. The van der Waals surface area contributed by atoms with E-state index in [-0.39, 0.29) is 11.7 Å². The van der Waals surface area contributed by atoms with E-state index < -0.39 is 0 Å². The first-order valence-electron chi connectivity index (χ1n) is 10.6. The number of aromatic nitrogens is 3. The van der Waals surface area contributed by atoms with Crippen LogP contribution in [0.3, 0.4) is 0 Å². The monoisotopic (exact) mass is 462 g/mol. The molecule has 0 spiro atoms. The number of rotatable bonds is 8. The van der Waals surface area contributed by atoms with Gasteiger partial charge in [0.1, 0.15) is 13.2 Å². The van der Waals surface area contributed by atoms with E-state index >= 15 is 0 Å². The number of hydrogen-bond donors (Lipinski definition) is 1. The fraction of sp³-hybridized carbons (Fsp3) is 0.208. The number of carbonyl (C=O) groups is 1. The van der Waals surface area contributed by atoms with Gasteiger partial charge >= 0.3 is 0 Å². The first-order chi connectivity index (χ1) is 16.3. The van der Waals surface area contributed by atoms with Crippen LogP contribution < -0.4 is 14.8 Å². The Labute approximate surface area is 194 Å². The molecule has 1 amide bonds. The molecule has 0 atom stereocenters. The van der Waals surface area contributed by atoms with Crippen LogP contribution in [0.2, 0.25) is 0 Å². The lowest BCUT2D eigenvalue weighted by molar-refractivity contribution is -0.118. The Morgan fingerprint density at radius 2 is 1.85 bits per heavy atom. The fourth-order valence-electron chi connectivity index (χ4n) is 3.51. The molecule has 0 aliphatic carbocycles. The zero-order valence-corrected chi connectivity index (χ0v) is 18.6. The van der Waals surface area contributed by atoms with Crippen LogP contribution in [0.25, 0.3) is 17.3 Å². The molecular weight excluding hydrogens is 440 g/mol. The maximum Gasteiger partial charge on any atom is 0.230 e. The molecule has 0 saturated carbocycles. The number of para-hydroxylation sites is 1. The van der Waals surface area contributed by atoms with Crippen molar-refractivity contribution in [3.8, 4) is 28.8 Å². The number of amides is 1. The van der Waals surface area contributed by atoms with Crippen molar-refractivity contribution < 1.29 is 18.7 Å². The summed E-state index contributed by atoms with van der Waals surface area (Å²) in [7, 11) is 0. The number of benzene rings is 2. The van der Waals surface area contributed by atoms with Crippen molar-refractivity contribution in [2.24, 2.45) is 0 Å². The Morgan fingerprint density at radius 3 is 2.67 bits per heavy atom. The summed E-state index contributed by atoms with van der Waals surface area (Å²) in [5.41, 5.74) is 1.98. The van der Waals surface area contributed by atoms with Crippen molar-refractivity contribution in [1.82, 2.24) is 20.1 Å². The largest absolute Gasteiger partial charge is 0.486 e. The highest BCUT2D eigenvalue weighted by molar-refractivity contribution is 7.99. The minimum absolute atomic E-state index is 0.0697. The molecule has 168 valence electrons. The molecule has 0 saturated heterocycles. The maximum absolute atomic E-state index is 12.5. The summed E-state index contributed by atoms with van der Waals surface area (Å²) in [6.45, 7) is 1.66. The number of nitrogens with zero attached hydrogens (tertiary/aromatic N) is 3. The summed E-state index contributed by atoms with van der Waals surface area (Å²) < 4.78 is 18.6. The summed E-state index contributed by atoms with van der Waals surface area (Å²) in [6, 6.07) is 19.3. The first-order valence-corrected chi connectivity index (χ1v) is 11.6. The Kier molecular flexibility index (Phi) is 6.30. The molecule has 9 heteroatoms. The lowest BCUT2D eigenvalue weighted by Gasteiger charge is -2.18. The van der Waals surface area contributed by atoms with Crippen LogP contribution in [0, 0.1) is 0 Å². The Morgan fingerprint density at radius 1 is 1.00 bits per heavy atom. The van der Waals surface area contributed by atoms with E-state index in [2.05, 4.69) is 15.5 Å². The van der Waals surface area contributed by atoms with Crippen molar-refractivity contribution in [2.45, 2.75) is 11.6 Å². The fourth-order valence-corrected chi connectivity index (χ4v) is 4.29. The van der Waals surface area contributed by atoms with Crippen molar-refractivity contribution in [2.75, 3.05) is 25.5 Å². The van der Waals surface area contributed by atoms with Gasteiger partial charge < -0.3 is 19.2 Å². The Bertz CT molecular complexity index is 1220. The van der Waals surface area contributed by atoms with Crippen molar-refractivity contribution in [3.05, 3.63) is 72.5 Å². The number of hydrogen-bond acceptors (Lipinski definition) is 7. The zero-order valence-electron chi connectivity index (χ0n) is 17.8. The maximum atomic E-state index is 12.5. The molecule has 33 heavy (non-hydrogen) atoms. The highest BCUT2D eigenvalue weighted by Gasteiger charge is 2.19. The lowest BCUT2D eigenvalue weighted by atomic mass is 10.1. The van der Waals surface area contributed by atoms with Crippen LogP contribution in [0.4, 0.5) is 0 Å². The number of thioether (sulfide) groups is 1. The van der Waals surface area contributed by atoms with Crippen molar-refractivity contribution >= 4 is 17.7 Å². The van der Waals surface area contributed by atoms with Gasteiger partial charge in [0.25, 0.3) is 0 Å². The molecule has 3 heterocycles. The molecule has 4 aromatic rings. The third kappa shape index (κ3) is 4.88. The molecular formula is C24H22N4O4S. The van der Waals surface area contributed by atoms with Gasteiger partial charge in [0.15, 0.2) is 22.4 Å². The van der Waals surface area contributed by atoms with Crippen LogP contribution >= 0.6 is 11.8 Å². The third-order valence-corrected chi connectivity index (χ3v) is 5.99. The van der Waals surface area contributed by atoms with E-state index in [9.17, 15) is 4.79 Å². The van der Waals surface area contributed by atoms with Crippen LogP contribution in [0.15, 0.2) is 76.5 Å². The zero-order chi connectivity index (χ0) is 22.5. The quantitative estimate of drug-likeness (QED) is 0.399. The highest BCUT2D eigenvalue weighted by Crippen LogP contribution is 2.31. The SMILES string of the molecule is O=C(CSc1nnc(-c2ccco2)n1-c1ccccc1)NCCc1ccc2c(c1)OCCO2. The predicted molar refractivity (Wildman–Crippen MR) is 124 cm³/mol. The van der Waals surface area contributed by atoms with Crippen molar-refractivity contribution in [1.29, 1.82) is 0 Å². The Balaban J connectivity index is 1.20. The Hall–Kier alpha value is -3.72. The van der Waals surface area contributed by atoms with Gasteiger partial charge in [-0.05, 0) is 48.4 Å². The summed E-state index contributed by atoms with van der Waals surface area (Å²) >= 11 is 1.33. The minimum Gasteiger partial charge on any atom is -0.486 e. The molecule has 0 bridgehead atoms. The topological polar surface area (TPSA) is 91.4 Å². The number of carbonyl (C=O) groups excluding carboxylic acids is 1. The number of furan rings is 1. The molecule has 1 aliphatic rings. The van der Waals surface area contributed by atoms with E-state index in [4.69, 9.17) is 13.9 Å². The molecule has 2 aromatic heterocycles. The van der Waals surface area contributed by atoms with E-state index in [0.29, 0.717) is 42.9 Å². The summed E-state index contributed by atoms with van der Waals surface area (Å²) in [5, 5.41) is 12.2. The van der Waals surface area contributed by atoms with Gasteiger partial charge in [0, 0.05) is 12.2 Å². The summed E-state index contributed by atoms with van der Waals surface area (Å²) in [6.07, 6.45) is 2.30. The second kappa shape index (κ2) is 9.83. The lowest BCUT2D eigenvalue weighted by Crippen LogP contribution is -2.27. The molecule has 1 aliphatic heterocycles. The van der Waals surface area contributed by atoms with E-state index in [0.717, 1.165) is 22.7 Å². The number of ether oxygens (including phenoxy) is 2. The van der Waals surface area contributed by atoms with Crippen LogP contribution in [-0.4, -0.2) is 46.2 Å². The smallest absolute Gasteiger partial charge is 0.230 e. The van der Waals surface area contributed by atoms with E-state index in [1.165, 1.54) is 11.8 Å². The first kappa shape index (κ1) is 21.1. The van der Waals surface area contributed by atoms with Gasteiger partial charge in [0.2, 0.25) is 11.7 Å². The molecule has 0 fully saturated rings. The number of nitrogens with one attached hydrogen (secondary N) is 1. The van der Waals surface area contributed by atoms with Crippen LogP contribution in [-0.2, 0) is 11.2 Å². The molecule has 5 rings (SSSR count). The summed E-state index contributed by atoms with van der Waals surface area (Å²) in [4.78, 5) is 12.5. The standard InChI is InChI=1S/C24H22N4O4S/c29-22(25-11-10-17-8-9-19-21(15-17)32-14-13-31-19)16-33-24-27-26-23(20-7-4-12-30-20)28(24)18-5-2-1-3-6-18/h1-9,12,15H,10-11,13-14,16H2,(H,25,29). The predicted octanol–water partition coefficient (Wildman–Crippen LogP) is 3.75. The molecule has 1 N–H and O–H groups in total. The van der Waals surface area contributed by atoms with Gasteiger partial charge in [0.05, 0.1) is 12.0 Å². The number of fused-ring (bicyclic) bond motifs is 1. The molecule has 2 aromatic carbocycles. The second-order valence-corrected chi connectivity index (χ2v) is 8.26. The third-order valence-electron chi connectivity index (χ3n) is 5.06. The van der Waals surface area contributed by atoms with Crippen LogP contribution in [0.5, 0.6) is 11.5 Å². The van der Waals surface area contributed by atoms with Gasteiger partial charge in [-0.2, -0.15) is 0 Å². The van der Waals surface area contributed by atoms with E-state index in [1.54, 1.807) is 12.3 Å². The van der Waals surface area contributed by atoms with Crippen molar-refractivity contribution in [3.63, 3.8) is 0 Å². The molecule has 8 nitrogen and oxygen atoms in total. The minimum atomic E-state index is -0.0697. The molecule has 0 unspecified atom stereocenters. The highest BCUT2D eigenvalue weighted by atomic mass is 32.2. The van der Waals surface area contributed by atoms with Gasteiger partial charge in [-0.1, -0.05) is 36.0 Å². The average Bonchev–Trinajstić information content (AvgIpc) is 3.53. The van der Waals surface area contributed by atoms with Gasteiger partial charge in [-0.25, -0.2) is 0 Å². The van der Waals surface area contributed by atoms with Crippen LogP contribution in [0.1, 0.15) is 5.56 Å². The average molecular weight is 463 g/mol. The van der Waals surface area contributed by atoms with Gasteiger partial charge in [-0.15, -0.1) is 10.2 Å². The normalized spacial score (nSPS) is 12.5. The van der Waals surface area contributed by atoms with Gasteiger partial charge in [-0.3, -0.25) is 9.36 Å².